The van der Waals surface area contributed by atoms with Crippen LogP contribution in [0.2, 0.25) is 0 Å². The normalized spacial score (nSPS) is 12.1. The number of imidazole rings is 1. The third-order valence-electron chi connectivity index (χ3n) is 5.59. The van der Waals surface area contributed by atoms with Crippen molar-refractivity contribution in [2.45, 2.75) is 17.6 Å². The smallest absolute Gasteiger partial charge is 0.416 e. The molecule has 37 heavy (non-hydrogen) atoms. The van der Waals surface area contributed by atoms with E-state index in [1.807, 2.05) is 0 Å². The predicted octanol–water partition coefficient (Wildman–Crippen LogP) is 5.07. The van der Waals surface area contributed by atoms with Gasteiger partial charge in [0.25, 0.3) is 0 Å². The van der Waals surface area contributed by atoms with Crippen LogP contribution in [-0.2, 0) is 29.8 Å². The highest BCUT2D eigenvalue weighted by Gasteiger charge is 2.31. The van der Waals surface area contributed by atoms with Gasteiger partial charge in [0.1, 0.15) is 11.6 Å². The lowest BCUT2D eigenvalue weighted by atomic mass is 10.1. The van der Waals surface area contributed by atoms with Gasteiger partial charge in [0.15, 0.2) is 0 Å². The van der Waals surface area contributed by atoms with E-state index >= 15 is 0 Å². The minimum atomic E-state index is -4.53. The highest BCUT2D eigenvalue weighted by atomic mass is 32.2. The fourth-order valence-corrected chi connectivity index (χ4v) is 4.81. The molecule has 194 valence electrons. The van der Waals surface area contributed by atoms with Crippen molar-refractivity contribution < 1.29 is 26.3 Å². The summed E-state index contributed by atoms with van der Waals surface area (Å²) in [5.41, 5.74) is 1.09. The number of rotatable bonds is 8. The molecule has 0 aliphatic carbocycles. The fraction of sp³-hybridized carbons (Fsp3) is 0.200. The average Bonchev–Trinajstić information content (AvgIpc) is 3.30. The molecule has 2 heterocycles. The number of aryl methyl sites for hydroxylation is 1. The van der Waals surface area contributed by atoms with Gasteiger partial charge in [-0.1, -0.05) is 12.1 Å². The van der Waals surface area contributed by atoms with Gasteiger partial charge in [0.2, 0.25) is 10.0 Å². The Kier molecular flexibility index (Phi) is 7.23. The van der Waals surface area contributed by atoms with E-state index in [2.05, 4.69) is 15.3 Å². The number of nitrogens with one attached hydrogen (secondary N) is 1. The van der Waals surface area contributed by atoms with Gasteiger partial charge in [-0.3, -0.25) is 0 Å². The molecule has 0 fully saturated rings. The molecule has 0 amide bonds. The van der Waals surface area contributed by atoms with Crippen molar-refractivity contribution in [2.75, 3.05) is 19.5 Å². The second-order valence-electron chi connectivity index (χ2n) is 8.29. The summed E-state index contributed by atoms with van der Waals surface area (Å²) in [5, 5.41) is 2.87. The molecule has 0 aliphatic heterocycles. The Bertz CT molecular complexity index is 1500. The zero-order valence-corrected chi connectivity index (χ0v) is 21.0. The number of halogens is 3. The van der Waals surface area contributed by atoms with E-state index in [9.17, 15) is 21.6 Å². The molecule has 0 atom stereocenters. The Labute approximate surface area is 212 Å². The molecule has 0 unspecified atom stereocenters. The standard InChI is InChI=1S/C25H24F3N5O3S/c1-32-15-23(30-16-32)21-13-20(37(34,35)33(2)14-17-4-6-19(36-3)7-5-17)8-9-22(21)31-24-12-18(10-11-29-24)25(26,27)28/h4-13,15-16H,14H2,1-3H3,(H,29,31). The highest BCUT2D eigenvalue weighted by molar-refractivity contribution is 7.89. The molecule has 12 heteroatoms. The molecule has 0 radical (unpaired) electrons. The summed E-state index contributed by atoms with van der Waals surface area (Å²) < 4.78 is 74.3. The van der Waals surface area contributed by atoms with Gasteiger partial charge in [0.05, 0.1) is 29.6 Å². The number of anilines is 2. The molecule has 0 saturated carbocycles. The molecule has 2 aromatic heterocycles. The van der Waals surface area contributed by atoms with Gasteiger partial charge in [-0.2, -0.15) is 17.5 Å². The van der Waals surface area contributed by atoms with E-state index in [4.69, 9.17) is 4.74 Å². The first-order valence-electron chi connectivity index (χ1n) is 11.0. The van der Waals surface area contributed by atoms with Gasteiger partial charge in [-0.15, -0.1) is 0 Å². The average molecular weight is 532 g/mol. The molecule has 0 aliphatic rings. The zero-order valence-electron chi connectivity index (χ0n) is 20.2. The number of hydrogen-bond acceptors (Lipinski definition) is 6. The van der Waals surface area contributed by atoms with Gasteiger partial charge in [0, 0.05) is 44.3 Å². The Morgan fingerprint density at radius 2 is 1.78 bits per heavy atom. The third-order valence-corrected chi connectivity index (χ3v) is 7.39. The molecule has 0 spiro atoms. The summed E-state index contributed by atoms with van der Waals surface area (Å²) in [6, 6.07) is 13.1. The minimum Gasteiger partial charge on any atom is -0.497 e. The Morgan fingerprint density at radius 3 is 2.41 bits per heavy atom. The molecule has 2 aromatic carbocycles. The number of nitrogens with zero attached hydrogens (tertiary/aromatic N) is 4. The summed E-state index contributed by atoms with van der Waals surface area (Å²) in [7, 11) is 0.853. The van der Waals surface area contributed by atoms with Gasteiger partial charge >= 0.3 is 6.18 Å². The SMILES string of the molecule is COc1ccc(CN(C)S(=O)(=O)c2ccc(Nc3cc(C(F)(F)F)ccn3)c(-c3cn(C)cn3)c2)cc1. The van der Waals surface area contributed by atoms with Gasteiger partial charge < -0.3 is 14.6 Å². The van der Waals surface area contributed by atoms with Crippen molar-refractivity contribution in [3.8, 4) is 17.0 Å². The monoisotopic (exact) mass is 531 g/mol. The number of alkyl halides is 3. The third kappa shape index (κ3) is 5.92. The van der Waals surface area contributed by atoms with Crippen LogP contribution in [-0.4, -0.2) is 41.4 Å². The summed E-state index contributed by atoms with van der Waals surface area (Å²) in [6.45, 7) is 0.124. The van der Waals surface area contributed by atoms with Gasteiger partial charge in [-0.05, 0) is 48.0 Å². The largest absolute Gasteiger partial charge is 0.497 e. The van der Waals surface area contributed by atoms with Crippen LogP contribution >= 0.6 is 0 Å². The van der Waals surface area contributed by atoms with E-state index in [1.165, 1.54) is 29.6 Å². The maximum atomic E-state index is 13.4. The quantitative estimate of drug-likeness (QED) is 0.341. The van der Waals surface area contributed by atoms with Crippen molar-refractivity contribution in [3.05, 3.63) is 84.4 Å². The van der Waals surface area contributed by atoms with Gasteiger partial charge in [-0.25, -0.2) is 18.4 Å². The van der Waals surface area contributed by atoms with Crippen molar-refractivity contribution in [2.24, 2.45) is 7.05 Å². The van der Waals surface area contributed by atoms with E-state index < -0.39 is 21.8 Å². The van der Waals surface area contributed by atoms with Crippen molar-refractivity contribution >= 4 is 21.5 Å². The Hall–Kier alpha value is -3.90. The minimum absolute atomic E-state index is 0.00622. The second-order valence-corrected chi connectivity index (χ2v) is 10.3. The highest BCUT2D eigenvalue weighted by Crippen LogP contribution is 2.34. The molecular formula is C25H24F3N5O3S. The van der Waals surface area contributed by atoms with Crippen molar-refractivity contribution in [3.63, 3.8) is 0 Å². The first-order valence-corrected chi connectivity index (χ1v) is 12.4. The second kappa shape index (κ2) is 10.2. The number of aromatic nitrogens is 3. The Morgan fingerprint density at radius 1 is 1.05 bits per heavy atom. The summed E-state index contributed by atoms with van der Waals surface area (Å²) >= 11 is 0. The van der Waals surface area contributed by atoms with Crippen LogP contribution in [0.5, 0.6) is 5.75 Å². The lowest BCUT2D eigenvalue weighted by Gasteiger charge is -2.19. The number of hydrogen-bond donors (Lipinski definition) is 1. The number of benzene rings is 2. The molecule has 4 rings (SSSR count). The molecule has 0 saturated heterocycles. The lowest BCUT2D eigenvalue weighted by molar-refractivity contribution is -0.137. The topological polar surface area (TPSA) is 89.4 Å². The van der Waals surface area contributed by atoms with E-state index in [1.54, 1.807) is 55.5 Å². The first kappa shape index (κ1) is 26.2. The molecule has 0 bridgehead atoms. The van der Waals surface area contributed by atoms with Crippen LogP contribution in [0.4, 0.5) is 24.7 Å². The van der Waals surface area contributed by atoms with Crippen LogP contribution < -0.4 is 10.1 Å². The lowest BCUT2D eigenvalue weighted by Crippen LogP contribution is -2.26. The van der Waals surface area contributed by atoms with Crippen molar-refractivity contribution in [1.82, 2.24) is 18.8 Å². The number of methoxy groups -OCH3 is 1. The van der Waals surface area contributed by atoms with Crippen molar-refractivity contribution in [1.29, 1.82) is 0 Å². The first-order chi connectivity index (χ1) is 17.5. The van der Waals surface area contributed by atoms with E-state index in [-0.39, 0.29) is 17.3 Å². The fourth-order valence-electron chi connectivity index (χ4n) is 3.62. The van der Waals surface area contributed by atoms with Crippen LogP contribution in [0.25, 0.3) is 11.3 Å². The van der Waals surface area contributed by atoms with Crippen LogP contribution in [0.15, 0.2) is 78.2 Å². The van der Waals surface area contributed by atoms with E-state index in [0.717, 1.165) is 23.9 Å². The Balaban J connectivity index is 1.68. The summed E-state index contributed by atoms with van der Waals surface area (Å²) in [5.74, 6) is 0.617. The van der Waals surface area contributed by atoms with Crippen LogP contribution in [0.1, 0.15) is 11.1 Å². The molecular weight excluding hydrogens is 507 g/mol. The molecule has 1 N–H and O–H groups in total. The summed E-state index contributed by atoms with van der Waals surface area (Å²) in [6.07, 6.45) is -0.260. The van der Waals surface area contributed by atoms with Crippen LogP contribution in [0.3, 0.4) is 0 Å². The number of ether oxygens (including phenoxy) is 1. The number of sulfonamides is 1. The summed E-state index contributed by atoms with van der Waals surface area (Å²) in [4.78, 5) is 8.28. The molecule has 4 aromatic rings. The zero-order chi connectivity index (χ0) is 26.8. The van der Waals surface area contributed by atoms with E-state index in [0.29, 0.717) is 22.7 Å². The van der Waals surface area contributed by atoms with Crippen LogP contribution in [0, 0.1) is 0 Å². The maximum Gasteiger partial charge on any atom is 0.416 e. The number of pyridine rings is 1. The predicted molar refractivity (Wildman–Crippen MR) is 133 cm³/mol. The molecule has 8 nitrogen and oxygen atoms in total. The maximum absolute atomic E-state index is 13.4.